The van der Waals surface area contributed by atoms with Crippen LogP contribution in [-0.4, -0.2) is 5.11 Å². The molecule has 64 valence electrons. The third-order valence-electron chi connectivity index (χ3n) is 1.94. The van der Waals surface area contributed by atoms with Gasteiger partial charge in [0.1, 0.15) is 11.4 Å². The third kappa shape index (κ3) is 1.24. The molecule has 0 heterocycles. The fourth-order valence-corrected chi connectivity index (χ4v) is 1.33. The van der Waals surface area contributed by atoms with Gasteiger partial charge in [0.15, 0.2) is 0 Å². The number of benzene rings is 2. The molecule has 3 heteroatoms. The van der Waals surface area contributed by atoms with Crippen molar-refractivity contribution in [2.75, 3.05) is 0 Å². The Morgan fingerprint density at radius 2 is 2.00 bits per heavy atom. The van der Waals surface area contributed by atoms with E-state index in [1.54, 1.807) is 24.3 Å². The van der Waals surface area contributed by atoms with Gasteiger partial charge in [-0.15, -0.1) is 4.91 Å². The van der Waals surface area contributed by atoms with E-state index in [-0.39, 0.29) is 5.75 Å². The first-order valence-corrected chi connectivity index (χ1v) is 3.86. The van der Waals surface area contributed by atoms with E-state index >= 15 is 0 Å². The van der Waals surface area contributed by atoms with Gasteiger partial charge in [0.05, 0.1) is 0 Å². The Hall–Kier alpha value is -1.90. The van der Waals surface area contributed by atoms with E-state index < -0.39 is 0 Å². The lowest BCUT2D eigenvalue weighted by molar-refractivity contribution is 0.476. The Morgan fingerprint density at radius 1 is 1.15 bits per heavy atom. The lowest BCUT2D eigenvalue weighted by Gasteiger charge is -1.99. The Balaban J connectivity index is 2.84. The minimum Gasteiger partial charge on any atom is -0.508 e. The molecule has 0 amide bonds. The summed E-state index contributed by atoms with van der Waals surface area (Å²) in [5.41, 5.74) is 0.400. The molecular formula is C10H7NO2. The van der Waals surface area contributed by atoms with E-state index in [0.717, 1.165) is 10.8 Å². The maximum absolute atomic E-state index is 10.4. The molecule has 0 saturated heterocycles. The molecule has 0 aliphatic carbocycles. The van der Waals surface area contributed by atoms with E-state index in [2.05, 4.69) is 5.18 Å². The molecule has 0 fully saturated rings. The molecule has 3 nitrogen and oxygen atoms in total. The van der Waals surface area contributed by atoms with E-state index in [1.807, 2.05) is 6.07 Å². The SMILES string of the molecule is O=Nc1cccc2cc(O)ccc12. The predicted octanol–water partition coefficient (Wildman–Crippen LogP) is 2.94. The van der Waals surface area contributed by atoms with Crippen molar-refractivity contribution in [3.8, 4) is 5.75 Å². The third-order valence-corrected chi connectivity index (χ3v) is 1.94. The van der Waals surface area contributed by atoms with Crippen LogP contribution in [0.15, 0.2) is 41.6 Å². The molecule has 0 spiro atoms. The summed E-state index contributed by atoms with van der Waals surface area (Å²) in [6.07, 6.45) is 0. The number of aromatic hydroxyl groups is 1. The summed E-state index contributed by atoms with van der Waals surface area (Å²) in [7, 11) is 0. The number of nitrogens with zero attached hydrogens (tertiary/aromatic N) is 1. The molecule has 0 aliphatic heterocycles. The molecule has 2 aromatic carbocycles. The molecule has 0 radical (unpaired) electrons. The molecule has 0 aliphatic rings. The topological polar surface area (TPSA) is 49.7 Å². The van der Waals surface area contributed by atoms with Crippen LogP contribution in [0.1, 0.15) is 0 Å². The van der Waals surface area contributed by atoms with Crippen molar-refractivity contribution in [1.29, 1.82) is 0 Å². The van der Waals surface area contributed by atoms with Crippen molar-refractivity contribution in [2.45, 2.75) is 0 Å². The zero-order valence-electron chi connectivity index (χ0n) is 6.77. The van der Waals surface area contributed by atoms with Crippen molar-refractivity contribution in [3.63, 3.8) is 0 Å². The maximum Gasteiger partial charge on any atom is 0.116 e. The van der Waals surface area contributed by atoms with Gasteiger partial charge in [-0.2, -0.15) is 0 Å². The van der Waals surface area contributed by atoms with Crippen LogP contribution >= 0.6 is 0 Å². The van der Waals surface area contributed by atoms with E-state index in [9.17, 15) is 10.0 Å². The molecule has 1 N–H and O–H groups in total. The van der Waals surface area contributed by atoms with Crippen LogP contribution < -0.4 is 0 Å². The van der Waals surface area contributed by atoms with Crippen LogP contribution in [0.3, 0.4) is 0 Å². The molecule has 0 aromatic heterocycles. The Bertz CT molecular complexity index is 465. The minimum atomic E-state index is 0.190. The second-order valence-electron chi connectivity index (χ2n) is 2.77. The average Bonchev–Trinajstić information content (AvgIpc) is 2.16. The van der Waals surface area contributed by atoms with Gasteiger partial charge in [0.25, 0.3) is 0 Å². The van der Waals surface area contributed by atoms with Gasteiger partial charge in [0, 0.05) is 5.39 Å². The number of hydrogen-bond donors (Lipinski definition) is 1. The van der Waals surface area contributed by atoms with Crippen molar-refractivity contribution in [1.82, 2.24) is 0 Å². The van der Waals surface area contributed by atoms with Crippen LogP contribution in [0.2, 0.25) is 0 Å². The Labute approximate surface area is 74.6 Å². The van der Waals surface area contributed by atoms with Gasteiger partial charge in [-0.05, 0) is 34.8 Å². The summed E-state index contributed by atoms with van der Waals surface area (Å²) in [5.74, 6) is 0.190. The number of fused-ring (bicyclic) bond motifs is 1. The first-order valence-electron chi connectivity index (χ1n) is 3.86. The van der Waals surface area contributed by atoms with Crippen LogP contribution in [0.25, 0.3) is 10.8 Å². The van der Waals surface area contributed by atoms with E-state index in [1.165, 1.54) is 6.07 Å². The molecule has 13 heavy (non-hydrogen) atoms. The molecule has 0 unspecified atom stereocenters. The highest BCUT2D eigenvalue weighted by Gasteiger charge is 2.00. The van der Waals surface area contributed by atoms with Gasteiger partial charge >= 0.3 is 0 Å². The zero-order chi connectivity index (χ0) is 9.26. The van der Waals surface area contributed by atoms with Gasteiger partial charge < -0.3 is 5.11 Å². The second-order valence-corrected chi connectivity index (χ2v) is 2.77. The molecule has 0 atom stereocenters. The van der Waals surface area contributed by atoms with Crippen LogP contribution in [0.4, 0.5) is 5.69 Å². The van der Waals surface area contributed by atoms with Crippen LogP contribution in [-0.2, 0) is 0 Å². The zero-order valence-corrected chi connectivity index (χ0v) is 6.77. The van der Waals surface area contributed by atoms with Crippen molar-refractivity contribution >= 4 is 16.5 Å². The predicted molar refractivity (Wildman–Crippen MR) is 51.1 cm³/mol. The summed E-state index contributed by atoms with van der Waals surface area (Å²) >= 11 is 0. The monoisotopic (exact) mass is 173 g/mol. The van der Waals surface area contributed by atoms with Gasteiger partial charge in [-0.1, -0.05) is 12.1 Å². The second kappa shape index (κ2) is 2.86. The highest BCUT2D eigenvalue weighted by Crippen LogP contribution is 2.27. The fraction of sp³-hybridized carbons (Fsp3) is 0. The molecule has 0 bridgehead atoms. The first-order chi connectivity index (χ1) is 6.31. The summed E-state index contributed by atoms with van der Waals surface area (Å²) < 4.78 is 0. The maximum atomic E-state index is 10.4. The molecular weight excluding hydrogens is 166 g/mol. The number of phenols is 1. The summed E-state index contributed by atoms with van der Waals surface area (Å²) in [5, 5.41) is 13.7. The lowest BCUT2D eigenvalue weighted by atomic mass is 10.1. The van der Waals surface area contributed by atoms with Gasteiger partial charge in [0.2, 0.25) is 0 Å². The van der Waals surface area contributed by atoms with Crippen LogP contribution in [0.5, 0.6) is 5.75 Å². The van der Waals surface area contributed by atoms with Gasteiger partial charge in [-0.3, -0.25) is 0 Å². The highest BCUT2D eigenvalue weighted by atomic mass is 16.3. The smallest absolute Gasteiger partial charge is 0.116 e. The summed E-state index contributed by atoms with van der Waals surface area (Å²) in [6.45, 7) is 0. The number of hydrogen-bond acceptors (Lipinski definition) is 3. The fourth-order valence-electron chi connectivity index (χ4n) is 1.33. The standard InChI is InChI=1S/C10H7NO2/c12-8-4-5-9-7(6-8)2-1-3-10(9)11-13/h1-6,12H. The van der Waals surface area contributed by atoms with E-state index in [0.29, 0.717) is 5.69 Å². The van der Waals surface area contributed by atoms with Gasteiger partial charge in [-0.25, -0.2) is 0 Å². The normalized spacial score (nSPS) is 10.2. The first kappa shape index (κ1) is 7.73. The number of rotatable bonds is 1. The lowest BCUT2D eigenvalue weighted by Crippen LogP contribution is -1.72. The number of phenolic OH excluding ortho intramolecular Hbond substituents is 1. The number of nitroso groups, excluding NO2 is 1. The van der Waals surface area contributed by atoms with Crippen molar-refractivity contribution in [3.05, 3.63) is 41.3 Å². The highest BCUT2D eigenvalue weighted by molar-refractivity contribution is 5.93. The van der Waals surface area contributed by atoms with Crippen molar-refractivity contribution < 1.29 is 5.11 Å². The summed E-state index contributed by atoms with van der Waals surface area (Å²) in [6, 6.07) is 10.0. The van der Waals surface area contributed by atoms with E-state index in [4.69, 9.17) is 0 Å². The molecule has 0 saturated carbocycles. The molecule has 2 rings (SSSR count). The average molecular weight is 173 g/mol. The quantitative estimate of drug-likeness (QED) is 0.674. The van der Waals surface area contributed by atoms with Crippen molar-refractivity contribution in [2.24, 2.45) is 5.18 Å². The minimum absolute atomic E-state index is 0.190. The Morgan fingerprint density at radius 3 is 2.77 bits per heavy atom. The summed E-state index contributed by atoms with van der Waals surface area (Å²) in [4.78, 5) is 10.4. The Kier molecular flexibility index (Phi) is 1.70. The largest absolute Gasteiger partial charge is 0.508 e. The van der Waals surface area contributed by atoms with Crippen LogP contribution in [0, 0.1) is 4.91 Å². The molecule has 2 aromatic rings.